The van der Waals surface area contributed by atoms with E-state index < -0.39 is 11.6 Å². The summed E-state index contributed by atoms with van der Waals surface area (Å²) < 4.78 is 33.2. The van der Waals surface area contributed by atoms with E-state index in [4.69, 9.17) is 4.42 Å². The molecule has 0 aliphatic carbocycles. The van der Waals surface area contributed by atoms with E-state index in [9.17, 15) is 13.6 Å². The van der Waals surface area contributed by atoms with E-state index >= 15 is 0 Å². The van der Waals surface area contributed by atoms with E-state index in [0.717, 1.165) is 11.6 Å². The van der Waals surface area contributed by atoms with Crippen LogP contribution >= 0.6 is 0 Å². The maximum atomic E-state index is 14.3. The second-order valence-electron chi connectivity index (χ2n) is 7.96. The molecule has 0 fully saturated rings. The summed E-state index contributed by atoms with van der Waals surface area (Å²) in [6.07, 6.45) is 1.33. The van der Waals surface area contributed by atoms with Gasteiger partial charge in [-0.2, -0.15) is 0 Å². The van der Waals surface area contributed by atoms with Gasteiger partial charge in [0, 0.05) is 30.8 Å². The first-order valence-electron chi connectivity index (χ1n) is 10.3. The lowest BCUT2D eigenvalue weighted by Gasteiger charge is -2.28. The maximum absolute atomic E-state index is 14.3. The number of aromatic nitrogens is 1. The molecule has 0 saturated carbocycles. The molecule has 0 aliphatic heterocycles. The van der Waals surface area contributed by atoms with Crippen molar-refractivity contribution in [2.75, 3.05) is 6.54 Å². The summed E-state index contributed by atoms with van der Waals surface area (Å²) in [6.45, 7) is 7.03. The number of oxazole rings is 1. The van der Waals surface area contributed by atoms with Crippen LogP contribution in [-0.2, 0) is 13.1 Å². The molecule has 7 heteroatoms. The van der Waals surface area contributed by atoms with Gasteiger partial charge >= 0.3 is 0 Å². The van der Waals surface area contributed by atoms with E-state index in [0.29, 0.717) is 23.9 Å². The van der Waals surface area contributed by atoms with Crippen LogP contribution in [0.2, 0.25) is 0 Å². The predicted molar refractivity (Wildman–Crippen MR) is 114 cm³/mol. The zero-order valence-electron chi connectivity index (χ0n) is 17.9. The molecular formula is C24H27F2N3O2. The Hall–Kier alpha value is -3.06. The Morgan fingerprint density at radius 1 is 1.10 bits per heavy atom. The Bertz CT molecular complexity index is 1010. The number of hydrogen-bond donors (Lipinski definition) is 1. The Balaban J connectivity index is 1.80. The molecule has 0 saturated heterocycles. The summed E-state index contributed by atoms with van der Waals surface area (Å²) in [5.74, 6) is -0.848. The molecule has 1 aromatic heterocycles. The number of benzene rings is 2. The Labute approximate surface area is 181 Å². The van der Waals surface area contributed by atoms with Gasteiger partial charge in [0.05, 0.1) is 6.54 Å². The van der Waals surface area contributed by atoms with Crippen molar-refractivity contribution >= 4 is 5.91 Å². The Morgan fingerprint density at radius 2 is 1.84 bits per heavy atom. The van der Waals surface area contributed by atoms with Gasteiger partial charge in [-0.15, -0.1) is 0 Å². The molecule has 0 unspecified atom stereocenters. The standard InChI is InChI=1S/C24H27F2N3O2/c1-16(2)12-27-24(30)22-15-31-23(28-22)14-29(17(3)18-7-5-4-6-8-18)13-19-9-10-20(25)11-21(19)26/h4-11,15-17H,12-14H2,1-3H3,(H,27,30)/t17-/m0/s1. The van der Waals surface area contributed by atoms with Gasteiger partial charge in [-0.3, -0.25) is 9.69 Å². The number of carbonyl (C=O) groups is 1. The molecule has 164 valence electrons. The third kappa shape index (κ3) is 6.21. The summed E-state index contributed by atoms with van der Waals surface area (Å²) in [7, 11) is 0. The van der Waals surface area contributed by atoms with Crippen molar-refractivity contribution in [1.29, 1.82) is 0 Å². The fourth-order valence-corrected chi connectivity index (χ4v) is 3.19. The number of nitrogens with zero attached hydrogens (tertiary/aromatic N) is 2. The van der Waals surface area contributed by atoms with Crippen LogP contribution < -0.4 is 5.32 Å². The van der Waals surface area contributed by atoms with Gasteiger partial charge in [0.2, 0.25) is 5.89 Å². The lowest BCUT2D eigenvalue weighted by molar-refractivity contribution is 0.0944. The molecule has 1 N–H and O–H groups in total. The molecule has 0 radical (unpaired) electrons. The first kappa shape index (κ1) is 22.6. The SMILES string of the molecule is CC(C)CNC(=O)c1coc(CN(Cc2ccc(F)cc2F)[C@@H](C)c2ccccc2)n1. The van der Waals surface area contributed by atoms with Crippen molar-refractivity contribution < 1.29 is 18.0 Å². The van der Waals surface area contributed by atoms with Crippen molar-refractivity contribution in [3.8, 4) is 0 Å². The molecule has 0 aliphatic rings. The van der Waals surface area contributed by atoms with Crippen LogP contribution in [0.5, 0.6) is 0 Å². The van der Waals surface area contributed by atoms with Gasteiger partial charge in [0.15, 0.2) is 5.69 Å². The van der Waals surface area contributed by atoms with Gasteiger partial charge in [-0.05, 0) is 24.5 Å². The smallest absolute Gasteiger partial charge is 0.273 e. The summed E-state index contributed by atoms with van der Waals surface area (Å²) in [5, 5.41) is 2.81. The molecule has 0 spiro atoms. The van der Waals surface area contributed by atoms with Crippen LogP contribution in [0.3, 0.4) is 0 Å². The van der Waals surface area contributed by atoms with Crippen molar-refractivity contribution in [2.45, 2.75) is 39.9 Å². The van der Waals surface area contributed by atoms with Crippen molar-refractivity contribution in [3.05, 3.63) is 89.1 Å². The fraction of sp³-hybridized carbons (Fsp3) is 0.333. The number of nitrogens with one attached hydrogen (secondary N) is 1. The number of carbonyl (C=O) groups excluding carboxylic acids is 1. The molecule has 3 aromatic rings. The maximum Gasteiger partial charge on any atom is 0.273 e. The predicted octanol–water partition coefficient (Wildman–Crippen LogP) is 5.10. The molecule has 5 nitrogen and oxygen atoms in total. The number of amides is 1. The third-order valence-electron chi connectivity index (χ3n) is 5.01. The van der Waals surface area contributed by atoms with Crippen molar-refractivity contribution in [2.24, 2.45) is 5.92 Å². The van der Waals surface area contributed by atoms with Crippen molar-refractivity contribution in [3.63, 3.8) is 0 Å². The fourth-order valence-electron chi connectivity index (χ4n) is 3.19. The highest BCUT2D eigenvalue weighted by atomic mass is 19.1. The average molecular weight is 427 g/mol. The Morgan fingerprint density at radius 3 is 2.52 bits per heavy atom. The highest BCUT2D eigenvalue weighted by Crippen LogP contribution is 2.25. The minimum absolute atomic E-state index is 0.101. The summed E-state index contributed by atoms with van der Waals surface area (Å²) in [4.78, 5) is 18.5. The minimum atomic E-state index is -0.617. The average Bonchev–Trinajstić information content (AvgIpc) is 3.22. The van der Waals surface area contributed by atoms with Crippen molar-refractivity contribution in [1.82, 2.24) is 15.2 Å². The van der Waals surface area contributed by atoms with Crippen LogP contribution in [0.15, 0.2) is 59.2 Å². The van der Waals surface area contributed by atoms with E-state index in [1.165, 1.54) is 18.4 Å². The third-order valence-corrected chi connectivity index (χ3v) is 5.01. The molecule has 1 amide bonds. The lowest BCUT2D eigenvalue weighted by atomic mass is 10.1. The first-order chi connectivity index (χ1) is 14.8. The summed E-state index contributed by atoms with van der Waals surface area (Å²) in [6, 6.07) is 13.2. The molecule has 1 heterocycles. The van der Waals surface area contributed by atoms with Gasteiger partial charge in [-0.25, -0.2) is 13.8 Å². The zero-order valence-corrected chi connectivity index (χ0v) is 17.9. The molecule has 3 rings (SSSR count). The molecule has 0 bridgehead atoms. The van der Waals surface area contributed by atoms with E-state index in [1.54, 1.807) is 0 Å². The second-order valence-corrected chi connectivity index (χ2v) is 7.96. The van der Waals surface area contributed by atoms with Gasteiger partial charge in [0.25, 0.3) is 5.91 Å². The quantitative estimate of drug-likeness (QED) is 0.516. The lowest BCUT2D eigenvalue weighted by Crippen LogP contribution is -2.28. The van der Waals surface area contributed by atoms with E-state index in [1.807, 2.05) is 56.0 Å². The second kappa shape index (κ2) is 10.3. The van der Waals surface area contributed by atoms with Gasteiger partial charge in [-0.1, -0.05) is 50.2 Å². The highest BCUT2D eigenvalue weighted by Gasteiger charge is 2.21. The van der Waals surface area contributed by atoms with Crippen LogP contribution in [0, 0.1) is 17.6 Å². The first-order valence-corrected chi connectivity index (χ1v) is 10.3. The van der Waals surface area contributed by atoms with Gasteiger partial charge in [0.1, 0.15) is 17.9 Å². The molecular weight excluding hydrogens is 400 g/mol. The monoisotopic (exact) mass is 427 g/mol. The molecule has 1 atom stereocenters. The normalized spacial score (nSPS) is 12.4. The van der Waals surface area contributed by atoms with E-state index in [2.05, 4.69) is 10.3 Å². The van der Waals surface area contributed by atoms with E-state index in [-0.39, 0.29) is 30.7 Å². The summed E-state index contributed by atoms with van der Waals surface area (Å²) in [5.41, 5.74) is 1.60. The van der Waals surface area contributed by atoms with Gasteiger partial charge < -0.3 is 9.73 Å². The number of hydrogen-bond acceptors (Lipinski definition) is 4. The molecule has 31 heavy (non-hydrogen) atoms. The number of halogens is 2. The molecule has 2 aromatic carbocycles. The van der Waals surface area contributed by atoms with Crippen LogP contribution in [0.1, 0.15) is 54.3 Å². The zero-order chi connectivity index (χ0) is 22.4. The number of rotatable bonds is 9. The van der Waals surface area contributed by atoms with Crippen LogP contribution in [0.25, 0.3) is 0 Å². The summed E-state index contributed by atoms with van der Waals surface area (Å²) >= 11 is 0. The van der Waals surface area contributed by atoms with Crippen LogP contribution in [0.4, 0.5) is 8.78 Å². The Kier molecular flexibility index (Phi) is 7.52. The minimum Gasteiger partial charge on any atom is -0.447 e. The highest BCUT2D eigenvalue weighted by molar-refractivity contribution is 5.91. The topological polar surface area (TPSA) is 58.4 Å². The van der Waals surface area contributed by atoms with Crippen LogP contribution in [-0.4, -0.2) is 22.3 Å². The largest absolute Gasteiger partial charge is 0.447 e.